The van der Waals surface area contributed by atoms with E-state index >= 15 is 4.39 Å². The maximum atomic E-state index is 16.1. The van der Waals surface area contributed by atoms with E-state index in [0.717, 1.165) is 17.7 Å². The highest BCUT2D eigenvalue weighted by Gasteiger charge is 2.34. The molecule has 46 heavy (non-hydrogen) atoms. The molecule has 5 N–H and O–H groups in total. The van der Waals surface area contributed by atoms with Crippen LogP contribution in [0.5, 0.6) is 0 Å². The van der Waals surface area contributed by atoms with Gasteiger partial charge in [-0.2, -0.15) is 13.2 Å². The van der Waals surface area contributed by atoms with Crippen LogP contribution in [0, 0.1) is 5.82 Å². The van der Waals surface area contributed by atoms with Crippen LogP contribution in [-0.2, 0) is 24.6 Å². The van der Waals surface area contributed by atoms with Crippen LogP contribution < -0.4 is 14.9 Å². The second-order valence-corrected chi connectivity index (χ2v) is 14.4. The molecule has 0 radical (unpaired) electrons. The largest absolute Gasteiger partial charge is 0.416 e. The van der Waals surface area contributed by atoms with Gasteiger partial charge in [-0.25, -0.2) is 4.39 Å². The molecule has 0 bridgehead atoms. The first-order valence-electron chi connectivity index (χ1n) is 15.4. The molecule has 12 heteroatoms. The fourth-order valence-corrected chi connectivity index (χ4v) is 7.30. The lowest BCUT2D eigenvalue weighted by Gasteiger charge is -2.47. The molecule has 1 amide bonds. The Balaban J connectivity index is 1.60. The minimum absolute atomic E-state index is 0.0412. The standard InChI is InChI=1S/C34H43F4N3O4S/c1-4-11-24-18-27(31(35)29(20-24)41-16-8-9-17-46(41,44)45)32(43)40-28(19-23-12-6-5-7-13-23)30(42)22-39-33(2,3)25-14-10-15-26(21-25)34(36,37)38/h5-7,10,12-15,18,20-21,28,30,39,42,44-45H,4,8-9,11,16-17,19,22H2,1-3H3,(H,40,43)/t28-,30-/m0/s1. The summed E-state index contributed by atoms with van der Waals surface area (Å²) in [5.74, 6) is -1.54. The number of rotatable bonds is 12. The third-order valence-corrected chi connectivity index (χ3v) is 10.2. The van der Waals surface area contributed by atoms with Crippen molar-refractivity contribution >= 4 is 22.4 Å². The molecule has 0 aliphatic carbocycles. The third kappa shape index (κ3) is 8.80. The highest BCUT2D eigenvalue weighted by molar-refractivity contribution is 8.25. The Hall–Kier alpha value is -3.16. The lowest BCUT2D eigenvalue weighted by molar-refractivity contribution is -0.137. The minimum Gasteiger partial charge on any atom is -0.390 e. The molecular weight excluding hydrogens is 622 g/mol. The molecule has 3 aromatic rings. The van der Waals surface area contributed by atoms with Crippen LogP contribution in [-0.4, -0.2) is 51.1 Å². The number of hydrogen-bond donors (Lipinski definition) is 5. The summed E-state index contributed by atoms with van der Waals surface area (Å²) in [6.07, 6.45) is -3.05. The lowest BCUT2D eigenvalue weighted by atomic mass is 9.92. The molecule has 4 rings (SSSR count). The molecule has 0 aromatic heterocycles. The Labute approximate surface area is 269 Å². The van der Waals surface area contributed by atoms with Gasteiger partial charge in [-0.1, -0.05) is 55.8 Å². The number of nitrogens with one attached hydrogen (secondary N) is 2. The van der Waals surface area contributed by atoms with Crippen molar-refractivity contribution in [2.45, 2.75) is 76.7 Å². The molecule has 7 nitrogen and oxygen atoms in total. The van der Waals surface area contributed by atoms with Crippen molar-refractivity contribution in [3.63, 3.8) is 0 Å². The Bertz CT molecular complexity index is 1490. The van der Waals surface area contributed by atoms with Gasteiger partial charge < -0.3 is 15.7 Å². The number of carbonyl (C=O) groups excluding carboxylic acids is 1. The second kappa shape index (κ2) is 14.7. The summed E-state index contributed by atoms with van der Waals surface area (Å²) in [6.45, 7) is 5.47. The average Bonchev–Trinajstić information content (AvgIpc) is 3.00. The van der Waals surface area contributed by atoms with E-state index in [1.165, 1.54) is 16.4 Å². The number of benzene rings is 3. The number of alkyl halides is 3. The van der Waals surface area contributed by atoms with E-state index in [0.29, 0.717) is 36.8 Å². The van der Waals surface area contributed by atoms with Crippen molar-refractivity contribution in [2.75, 3.05) is 23.1 Å². The molecule has 1 heterocycles. The van der Waals surface area contributed by atoms with Crippen LogP contribution in [0.2, 0.25) is 0 Å². The first-order valence-corrected chi connectivity index (χ1v) is 17.1. The van der Waals surface area contributed by atoms with Crippen LogP contribution in [0.25, 0.3) is 0 Å². The smallest absolute Gasteiger partial charge is 0.390 e. The van der Waals surface area contributed by atoms with Gasteiger partial charge in [0.25, 0.3) is 5.91 Å². The van der Waals surface area contributed by atoms with Crippen molar-refractivity contribution in [3.05, 3.63) is 100 Å². The summed E-state index contributed by atoms with van der Waals surface area (Å²) in [6, 6.07) is 16.2. The topological polar surface area (TPSA) is 105 Å². The van der Waals surface area contributed by atoms with Gasteiger partial charge in [0.05, 0.1) is 34.7 Å². The molecule has 3 aromatic carbocycles. The Morgan fingerprint density at radius 2 is 1.67 bits per heavy atom. The van der Waals surface area contributed by atoms with Gasteiger partial charge in [-0.15, -0.1) is 10.8 Å². The van der Waals surface area contributed by atoms with E-state index < -0.39 is 51.9 Å². The van der Waals surface area contributed by atoms with Gasteiger partial charge in [-0.05, 0) is 80.5 Å². The number of halogens is 4. The highest BCUT2D eigenvalue weighted by Crippen LogP contribution is 2.50. The third-order valence-electron chi connectivity index (χ3n) is 8.29. The average molecular weight is 666 g/mol. The van der Waals surface area contributed by atoms with Crippen LogP contribution in [0.1, 0.15) is 72.6 Å². The van der Waals surface area contributed by atoms with Crippen LogP contribution in [0.3, 0.4) is 0 Å². The number of carbonyl (C=O) groups is 1. The van der Waals surface area contributed by atoms with Crippen molar-refractivity contribution in [1.82, 2.24) is 10.6 Å². The zero-order chi connectivity index (χ0) is 33.7. The fourth-order valence-electron chi connectivity index (χ4n) is 5.62. The molecule has 252 valence electrons. The maximum Gasteiger partial charge on any atom is 0.416 e. The quantitative estimate of drug-likeness (QED) is 0.130. The molecule has 2 atom stereocenters. The summed E-state index contributed by atoms with van der Waals surface area (Å²) in [5, 5.41) is 17.3. The highest BCUT2D eigenvalue weighted by atomic mass is 32.3. The molecule has 0 spiro atoms. The summed E-state index contributed by atoms with van der Waals surface area (Å²) < 4.78 is 78.8. The monoisotopic (exact) mass is 665 g/mol. The predicted molar refractivity (Wildman–Crippen MR) is 175 cm³/mol. The number of aryl methyl sites for hydroxylation is 1. The fraction of sp³-hybridized carbons (Fsp3) is 0.441. The van der Waals surface area contributed by atoms with E-state index in [-0.39, 0.29) is 36.5 Å². The Kier molecular flexibility index (Phi) is 11.4. The van der Waals surface area contributed by atoms with Gasteiger partial charge in [0.1, 0.15) is 0 Å². The van der Waals surface area contributed by atoms with E-state index in [4.69, 9.17) is 0 Å². The molecule has 1 saturated heterocycles. The number of hydrogen-bond acceptors (Lipinski definition) is 6. The normalized spacial score (nSPS) is 17.3. The van der Waals surface area contributed by atoms with E-state index in [1.807, 2.05) is 37.3 Å². The Morgan fingerprint density at radius 1 is 0.978 bits per heavy atom. The van der Waals surface area contributed by atoms with E-state index in [2.05, 4.69) is 10.6 Å². The molecule has 1 fully saturated rings. The van der Waals surface area contributed by atoms with Crippen LogP contribution in [0.15, 0.2) is 66.7 Å². The first kappa shape index (κ1) is 35.7. The number of aliphatic hydroxyl groups is 1. The van der Waals surface area contributed by atoms with E-state index in [1.54, 1.807) is 26.0 Å². The van der Waals surface area contributed by atoms with Gasteiger partial charge in [0.15, 0.2) is 5.82 Å². The summed E-state index contributed by atoms with van der Waals surface area (Å²) in [4.78, 5) is 13.8. The molecule has 1 aliphatic heterocycles. The molecule has 1 aliphatic rings. The summed E-state index contributed by atoms with van der Waals surface area (Å²) in [5.41, 5.74) is -0.251. The number of nitrogens with zero attached hydrogens (tertiary/aromatic N) is 1. The van der Waals surface area contributed by atoms with Crippen LogP contribution in [0.4, 0.5) is 23.2 Å². The number of aliphatic hydroxyl groups excluding tert-OH is 1. The van der Waals surface area contributed by atoms with Gasteiger partial charge in [0, 0.05) is 18.6 Å². The van der Waals surface area contributed by atoms with Gasteiger partial charge >= 0.3 is 6.18 Å². The predicted octanol–water partition coefficient (Wildman–Crippen LogP) is 7.29. The van der Waals surface area contributed by atoms with Crippen molar-refractivity contribution < 1.29 is 36.6 Å². The SMILES string of the molecule is CCCc1cc(C(=O)N[C@@H](Cc2ccccc2)[C@@H](O)CNC(C)(C)c2cccc(C(F)(F)F)c2)c(F)c(N2CCCCS2(O)O)c1. The maximum absolute atomic E-state index is 16.1. The second-order valence-electron chi connectivity index (χ2n) is 12.3. The number of amides is 1. The summed E-state index contributed by atoms with van der Waals surface area (Å²) in [7, 11) is -3.25. The molecule has 0 unspecified atom stereocenters. The van der Waals surface area contributed by atoms with Crippen molar-refractivity contribution in [2.24, 2.45) is 0 Å². The molecule has 0 saturated carbocycles. The van der Waals surface area contributed by atoms with Gasteiger partial charge in [0.2, 0.25) is 0 Å². The van der Waals surface area contributed by atoms with Gasteiger partial charge in [-0.3, -0.25) is 18.2 Å². The Morgan fingerprint density at radius 3 is 2.33 bits per heavy atom. The zero-order valence-corrected chi connectivity index (χ0v) is 27.1. The van der Waals surface area contributed by atoms with E-state index in [9.17, 15) is 32.2 Å². The molecular formula is C34H43F4N3O4S. The number of anilines is 1. The van der Waals surface area contributed by atoms with Crippen LogP contribution >= 0.6 is 10.8 Å². The summed E-state index contributed by atoms with van der Waals surface area (Å²) >= 11 is 0. The van der Waals surface area contributed by atoms with Crippen molar-refractivity contribution in [1.29, 1.82) is 0 Å². The lowest BCUT2D eigenvalue weighted by Crippen LogP contribution is -2.51. The van der Waals surface area contributed by atoms with Crippen molar-refractivity contribution in [3.8, 4) is 0 Å². The first-order chi connectivity index (χ1) is 21.6. The zero-order valence-electron chi connectivity index (χ0n) is 26.3. The minimum atomic E-state index is -4.51.